The van der Waals surface area contributed by atoms with Crippen molar-refractivity contribution in [3.8, 4) is 0 Å². The van der Waals surface area contributed by atoms with Crippen molar-refractivity contribution < 1.29 is 13.2 Å². The van der Waals surface area contributed by atoms with Gasteiger partial charge in [0, 0.05) is 20.2 Å². The number of hydrogen-bond donors (Lipinski definition) is 0. The Bertz CT molecular complexity index is 559. The second-order valence-corrected chi connectivity index (χ2v) is 6.79. The van der Waals surface area contributed by atoms with E-state index in [2.05, 4.69) is 5.10 Å². The van der Waals surface area contributed by atoms with Crippen molar-refractivity contribution >= 4 is 10.0 Å². The third-order valence-electron chi connectivity index (χ3n) is 3.67. The first-order valence-electron chi connectivity index (χ1n) is 6.49. The van der Waals surface area contributed by atoms with Gasteiger partial charge in [-0.2, -0.15) is 9.40 Å². The van der Waals surface area contributed by atoms with Gasteiger partial charge in [0.1, 0.15) is 4.90 Å². The summed E-state index contributed by atoms with van der Waals surface area (Å²) >= 11 is 0. The van der Waals surface area contributed by atoms with Gasteiger partial charge in [0.2, 0.25) is 10.0 Å². The van der Waals surface area contributed by atoms with E-state index < -0.39 is 10.0 Å². The molecule has 0 N–H and O–H groups in total. The number of aromatic nitrogens is 2. The molecule has 1 aliphatic rings. The summed E-state index contributed by atoms with van der Waals surface area (Å²) in [6.45, 7) is 7.25. The molecule has 1 unspecified atom stereocenters. The first kappa shape index (κ1) is 14.5. The number of sulfonamides is 1. The first-order chi connectivity index (χ1) is 8.89. The highest BCUT2D eigenvalue weighted by Crippen LogP contribution is 2.26. The SMILES string of the molecule is CCn1nc(C)c(S(=O)(=O)N(C)C2CCOC2)c1C. The van der Waals surface area contributed by atoms with E-state index in [0.717, 1.165) is 6.42 Å². The molecule has 1 atom stereocenters. The molecule has 1 aromatic heterocycles. The van der Waals surface area contributed by atoms with E-state index in [-0.39, 0.29) is 6.04 Å². The zero-order valence-electron chi connectivity index (χ0n) is 11.9. The topological polar surface area (TPSA) is 64.4 Å². The Morgan fingerprint density at radius 3 is 2.63 bits per heavy atom. The van der Waals surface area contributed by atoms with Crippen molar-refractivity contribution in [2.24, 2.45) is 0 Å². The zero-order valence-corrected chi connectivity index (χ0v) is 12.7. The zero-order chi connectivity index (χ0) is 14.2. The van der Waals surface area contributed by atoms with Gasteiger partial charge >= 0.3 is 0 Å². The molecule has 19 heavy (non-hydrogen) atoms. The highest BCUT2D eigenvalue weighted by atomic mass is 32.2. The number of rotatable bonds is 4. The summed E-state index contributed by atoms with van der Waals surface area (Å²) in [7, 11) is -1.88. The van der Waals surface area contributed by atoms with Crippen molar-refractivity contribution in [3.63, 3.8) is 0 Å². The predicted octanol–water partition coefficient (Wildman–Crippen LogP) is 0.929. The van der Waals surface area contributed by atoms with E-state index in [1.807, 2.05) is 6.92 Å². The van der Waals surface area contributed by atoms with Crippen LogP contribution in [0.5, 0.6) is 0 Å². The van der Waals surface area contributed by atoms with Gasteiger partial charge in [-0.15, -0.1) is 0 Å². The van der Waals surface area contributed by atoms with Crippen LogP contribution in [0.15, 0.2) is 4.90 Å². The lowest BCUT2D eigenvalue weighted by molar-refractivity contribution is 0.181. The average Bonchev–Trinajstić information content (AvgIpc) is 2.96. The summed E-state index contributed by atoms with van der Waals surface area (Å²) in [6.07, 6.45) is 0.746. The molecule has 1 fully saturated rings. The number of likely N-dealkylation sites (N-methyl/N-ethyl adjacent to an activating group) is 1. The molecule has 6 nitrogen and oxygen atoms in total. The molecule has 108 valence electrons. The van der Waals surface area contributed by atoms with Crippen molar-refractivity contribution in [1.82, 2.24) is 14.1 Å². The third kappa shape index (κ3) is 2.42. The van der Waals surface area contributed by atoms with Gasteiger partial charge in [0.05, 0.1) is 24.0 Å². The molecule has 1 aromatic rings. The van der Waals surface area contributed by atoms with Gasteiger partial charge in [0.25, 0.3) is 0 Å². The van der Waals surface area contributed by atoms with Gasteiger partial charge in [-0.1, -0.05) is 0 Å². The van der Waals surface area contributed by atoms with Gasteiger partial charge in [-0.05, 0) is 27.2 Å². The Hall–Kier alpha value is -0.920. The monoisotopic (exact) mass is 287 g/mol. The second kappa shape index (κ2) is 5.22. The lowest BCUT2D eigenvalue weighted by Crippen LogP contribution is -2.37. The van der Waals surface area contributed by atoms with Crippen molar-refractivity contribution in [3.05, 3.63) is 11.4 Å². The standard InChI is InChI=1S/C12H21N3O3S/c1-5-15-10(3)12(9(2)13-15)19(16,17)14(4)11-6-7-18-8-11/h11H,5-8H2,1-4H3. The summed E-state index contributed by atoms with van der Waals surface area (Å²) in [4.78, 5) is 0.337. The highest BCUT2D eigenvalue weighted by Gasteiger charge is 2.34. The van der Waals surface area contributed by atoms with E-state index >= 15 is 0 Å². The molecule has 0 bridgehead atoms. The van der Waals surface area contributed by atoms with Crippen molar-refractivity contribution in [2.75, 3.05) is 20.3 Å². The molecule has 2 rings (SSSR count). The highest BCUT2D eigenvalue weighted by molar-refractivity contribution is 7.89. The summed E-state index contributed by atoms with van der Waals surface area (Å²) in [6, 6.07) is -0.0752. The molecule has 0 saturated carbocycles. The Kier molecular flexibility index (Phi) is 3.98. The Balaban J connectivity index is 2.41. The molecule has 7 heteroatoms. The van der Waals surface area contributed by atoms with Crippen LogP contribution in [0.3, 0.4) is 0 Å². The van der Waals surface area contributed by atoms with Crippen LogP contribution in [-0.2, 0) is 21.3 Å². The normalized spacial score (nSPS) is 20.4. The summed E-state index contributed by atoms with van der Waals surface area (Å²) in [5.41, 5.74) is 1.26. The maximum Gasteiger partial charge on any atom is 0.246 e. The minimum atomic E-state index is -3.50. The number of hydrogen-bond acceptors (Lipinski definition) is 4. The van der Waals surface area contributed by atoms with E-state index in [4.69, 9.17) is 4.74 Å². The lowest BCUT2D eigenvalue weighted by atomic mass is 10.3. The fourth-order valence-electron chi connectivity index (χ4n) is 2.51. The van der Waals surface area contributed by atoms with Crippen molar-refractivity contribution in [1.29, 1.82) is 0 Å². The summed E-state index contributed by atoms with van der Waals surface area (Å²) in [5.74, 6) is 0. The Labute approximate surface area is 114 Å². The molecule has 0 spiro atoms. The van der Waals surface area contributed by atoms with E-state index in [9.17, 15) is 8.42 Å². The van der Waals surface area contributed by atoms with Gasteiger partial charge < -0.3 is 4.74 Å². The lowest BCUT2D eigenvalue weighted by Gasteiger charge is -2.22. The van der Waals surface area contributed by atoms with Crippen LogP contribution in [0, 0.1) is 13.8 Å². The van der Waals surface area contributed by atoms with Crippen LogP contribution in [0.25, 0.3) is 0 Å². The Morgan fingerprint density at radius 2 is 2.16 bits per heavy atom. The molecule has 0 aliphatic carbocycles. The average molecular weight is 287 g/mol. The smallest absolute Gasteiger partial charge is 0.246 e. The fraction of sp³-hybridized carbons (Fsp3) is 0.750. The Morgan fingerprint density at radius 1 is 1.47 bits per heavy atom. The summed E-state index contributed by atoms with van der Waals surface area (Å²) < 4.78 is 33.8. The first-order valence-corrected chi connectivity index (χ1v) is 7.93. The molecule has 0 aromatic carbocycles. The largest absolute Gasteiger partial charge is 0.380 e. The molecule has 0 radical (unpaired) electrons. The van der Waals surface area contributed by atoms with E-state index in [0.29, 0.717) is 36.0 Å². The van der Waals surface area contributed by atoms with Crippen LogP contribution in [-0.4, -0.2) is 48.8 Å². The van der Waals surface area contributed by atoms with Crippen LogP contribution < -0.4 is 0 Å². The summed E-state index contributed by atoms with van der Waals surface area (Å²) in [5, 5.41) is 4.28. The van der Waals surface area contributed by atoms with Gasteiger partial charge in [0.15, 0.2) is 0 Å². The van der Waals surface area contributed by atoms with Crippen LogP contribution in [0.1, 0.15) is 24.7 Å². The van der Waals surface area contributed by atoms with E-state index in [1.165, 1.54) is 4.31 Å². The van der Waals surface area contributed by atoms with Gasteiger partial charge in [-0.25, -0.2) is 8.42 Å². The minimum Gasteiger partial charge on any atom is -0.380 e. The molecule has 2 heterocycles. The minimum absolute atomic E-state index is 0.0752. The maximum atomic E-state index is 12.7. The van der Waals surface area contributed by atoms with Gasteiger partial charge in [-0.3, -0.25) is 4.68 Å². The van der Waals surface area contributed by atoms with Crippen LogP contribution >= 0.6 is 0 Å². The number of aryl methyl sites for hydroxylation is 2. The third-order valence-corrected chi connectivity index (χ3v) is 5.83. The maximum absolute atomic E-state index is 12.7. The molecule has 1 saturated heterocycles. The molecular weight excluding hydrogens is 266 g/mol. The predicted molar refractivity (Wildman–Crippen MR) is 71.5 cm³/mol. The van der Waals surface area contributed by atoms with Crippen molar-refractivity contribution in [2.45, 2.75) is 44.7 Å². The number of ether oxygens (including phenoxy) is 1. The second-order valence-electron chi connectivity index (χ2n) is 4.85. The number of nitrogens with zero attached hydrogens (tertiary/aromatic N) is 3. The molecule has 1 aliphatic heterocycles. The molecular formula is C12H21N3O3S. The van der Waals surface area contributed by atoms with E-state index in [1.54, 1.807) is 25.6 Å². The van der Waals surface area contributed by atoms with Crippen LogP contribution in [0.4, 0.5) is 0 Å². The molecule has 0 amide bonds. The quantitative estimate of drug-likeness (QED) is 0.826. The fourth-order valence-corrected chi connectivity index (χ4v) is 4.25. The van der Waals surface area contributed by atoms with Crippen LogP contribution in [0.2, 0.25) is 0 Å².